The van der Waals surface area contributed by atoms with Gasteiger partial charge in [0.25, 0.3) is 5.56 Å². The molecule has 4 aromatic rings. The standard InChI is InChI=1S/C22H16F2N6O2/c1-12-6-16(9-25)27-20-18(12)21(31)30(11-26-20)10-17-28-19(29-32-17)13-7-22(24,8-13)14-2-4-15(23)5-3-14/h2-6,11,13H,7-8,10H2,1H3. The van der Waals surface area contributed by atoms with Gasteiger partial charge in [-0.05, 0) is 49.1 Å². The molecule has 0 saturated heterocycles. The highest BCUT2D eigenvalue weighted by Gasteiger charge is 2.48. The molecule has 1 aromatic carbocycles. The number of halogens is 2. The quantitative estimate of drug-likeness (QED) is 0.485. The summed E-state index contributed by atoms with van der Waals surface area (Å²) in [4.78, 5) is 25.4. The highest BCUT2D eigenvalue weighted by Crippen LogP contribution is 2.52. The van der Waals surface area contributed by atoms with Gasteiger partial charge >= 0.3 is 0 Å². The average Bonchev–Trinajstić information content (AvgIpc) is 3.21. The number of hydrogen-bond donors (Lipinski definition) is 0. The highest BCUT2D eigenvalue weighted by molar-refractivity contribution is 5.77. The van der Waals surface area contributed by atoms with E-state index in [-0.39, 0.29) is 48.1 Å². The molecule has 0 N–H and O–H groups in total. The van der Waals surface area contributed by atoms with Crippen LogP contribution < -0.4 is 5.56 Å². The molecule has 0 amide bonds. The number of nitrogens with zero attached hydrogens (tertiary/aromatic N) is 6. The molecule has 1 aliphatic rings. The second-order valence-corrected chi connectivity index (χ2v) is 7.94. The highest BCUT2D eigenvalue weighted by atomic mass is 19.1. The van der Waals surface area contributed by atoms with Crippen LogP contribution in [0.25, 0.3) is 11.0 Å². The minimum Gasteiger partial charge on any atom is -0.337 e. The van der Waals surface area contributed by atoms with E-state index in [1.54, 1.807) is 6.92 Å². The van der Waals surface area contributed by atoms with E-state index in [0.29, 0.717) is 22.3 Å². The van der Waals surface area contributed by atoms with Crippen LogP contribution in [-0.4, -0.2) is 24.7 Å². The Balaban J connectivity index is 1.34. The molecule has 3 heterocycles. The first-order chi connectivity index (χ1) is 15.4. The van der Waals surface area contributed by atoms with Gasteiger partial charge in [0.1, 0.15) is 36.1 Å². The Kier molecular flexibility index (Phi) is 4.55. The zero-order valence-corrected chi connectivity index (χ0v) is 16.9. The van der Waals surface area contributed by atoms with Gasteiger partial charge in [-0.15, -0.1) is 0 Å². The van der Waals surface area contributed by atoms with E-state index < -0.39 is 11.5 Å². The van der Waals surface area contributed by atoms with Crippen molar-refractivity contribution in [1.82, 2.24) is 24.7 Å². The summed E-state index contributed by atoms with van der Waals surface area (Å²) < 4.78 is 34.7. The van der Waals surface area contributed by atoms with Crippen LogP contribution >= 0.6 is 0 Å². The predicted octanol–water partition coefficient (Wildman–Crippen LogP) is 3.28. The number of fused-ring (bicyclic) bond motifs is 1. The van der Waals surface area contributed by atoms with E-state index >= 15 is 4.39 Å². The van der Waals surface area contributed by atoms with E-state index in [4.69, 9.17) is 9.78 Å². The number of hydrogen-bond acceptors (Lipinski definition) is 7. The number of aryl methyl sites for hydroxylation is 1. The van der Waals surface area contributed by atoms with Crippen molar-refractivity contribution in [3.63, 3.8) is 0 Å². The van der Waals surface area contributed by atoms with Crippen molar-refractivity contribution in [3.05, 3.63) is 81.4 Å². The van der Waals surface area contributed by atoms with Crippen molar-refractivity contribution in [2.75, 3.05) is 0 Å². The monoisotopic (exact) mass is 434 g/mol. The van der Waals surface area contributed by atoms with Gasteiger partial charge in [-0.2, -0.15) is 10.2 Å². The lowest BCUT2D eigenvalue weighted by molar-refractivity contribution is 0.0335. The predicted molar refractivity (Wildman–Crippen MR) is 108 cm³/mol. The Morgan fingerprint density at radius 2 is 2.03 bits per heavy atom. The molecule has 10 heteroatoms. The van der Waals surface area contributed by atoms with Crippen LogP contribution in [0.4, 0.5) is 8.78 Å². The Morgan fingerprint density at radius 1 is 1.28 bits per heavy atom. The lowest BCUT2D eigenvalue weighted by Gasteiger charge is -2.40. The van der Waals surface area contributed by atoms with Crippen LogP contribution in [0.3, 0.4) is 0 Å². The SMILES string of the molecule is Cc1cc(C#N)nc2ncn(Cc3nc(C4CC(F)(c5ccc(F)cc5)C4)no3)c(=O)c12. The molecular weight excluding hydrogens is 418 g/mol. The molecule has 0 aliphatic heterocycles. The van der Waals surface area contributed by atoms with E-state index in [9.17, 15) is 9.18 Å². The van der Waals surface area contributed by atoms with E-state index in [2.05, 4.69) is 20.1 Å². The smallest absolute Gasteiger partial charge is 0.263 e. The van der Waals surface area contributed by atoms with E-state index in [1.165, 1.54) is 41.2 Å². The number of benzene rings is 1. The molecule has 0 atom stereocenters. The minimum atomic E-state index is -1.55. The van der Waals surface area contributed by atoms with Crippen molar-refractivity contribution in [2.24, 2.45) is 0 Å². The summed E-state index contributed by atoms with van der Waals surface area (Å²) in [6.45, 7) is 1.71. The summed E-state index contributed by atoms with van der Waals surface area (Å²) in [7, 11) is 0. The van der Waals surface area contributed by atoms with Crippen LogP contribution in [0, 0.1) is 24.1 Å². The Bertz CT molecular complexity index is 1430. The Hall–Kier alpha value is -4.00. The fourth-order valence-electron chi connectivity index (χ4n) is 4.04. The van der Waals surface area contributed by atoms with Gasteiger partial charge in [-0.1, -0.05) is 17.3 Å². The molecule has 1 fully saturated rings. The summed E-state index contributed by atoms with van der Waals surface area (Å²) in [5, 5.41) is 13.3. The molecule has 1 saturated carbocycles. The summed E-state index contributed by atoms with van der Waals surface area (Å²) in [5.74, 6) is -0.0786. The maximum absolute atomic E-state index is 15.1. The number of alkyl halides is 1. The fourth-order valence-corrected chi connectivity index (χ4v) is 4.04. The van der Waals surface area contributed by atoms with Gasteiger partial charge in [0.2, 0.25) is 5.89 Å². The maximum Gasteiger partial charge on any atom is 0.263 e. The molecule has 0 spiro atoms. The molecule has 5 rings (SSSR count). The third-order valence-corrected chi connectivity index (χ3v) is 5.76. The van der Waals surface area contributed by atoms with Gasteiger partial charge in [-0.3, -0.25) is 9.36 Å². The summed E-state index contributed by atoms with van der Waals surface area (Å²) >= 11 is 0. The van der Waals surface area contributed by atoms with E-state index in [1.807, 2.05) is 6.07 Å². The molecule has 0 unspecified atom stereocenters. The van der Waals surface area contributed by atoms with Crippen molar-refractivity contribution >= 4 is 11.0 Å². The lowest BCUT2D eigenvalue weighted by Crippen LogP contribution is -2.36. The van der Waals surface area contributed by atoms with Gasteiger partial charge in [0, 0.05) is 5.92 Å². The van der Waals surface area contributed by atoms with Gasteiger partial charge in [0.15, 0.2) is 11.5 Å². The second kappa shape index (κ2) is 7.30. The Morgan fingerprint density at radius 3 is 2.75 bits per heavy atom. The van der Waals surface area contributed by atoms with Crippen molar-refractivity contribution in [1.29, 1.82) is 5.26 Å². The largest absolute Gasteiger partial charge is 0.337 e. The normalized spacial score (nSPS) is 20.1. The third kappa shape index (κ3) is 3.32. The first-order valence-electron chi connectivity index (χ1n) is 9.90. The van der Waals surface area contributed by atoms with Crippen molar-refractivity contribution in [3.8, 4) is 6.07 Å². The topological polar surface area (TPSA) is 110 Å². The molecule has 1 aliphatic carbocycles. The zero-order chi connectivity index (χ0) is 22.5. The maximum atomic E-state index is 15.1. The summed E-state index contributed by atoms with van der Waals surface area (Å²) in [5.41, 5.74) is -0.484. The number of rotatable bonds is 4. The Labute approximate surface area is 180 Å². The van der Waals surface area contributed by atoms with Gasteiger partial charge < -0.3 is 4.52 Å². The first-order valence-corrected chi connectivity index (χ1v) is 9.90. The molecule has 32 heavy (non-hydrogen) atoms. The summed E-state index contributed by atoms with van der Waals surface area (Å²) in [6.07, 6.45) is 1.65. The molecule has 8 nitrogen and oxygen atoms in total. The first kappa shape index (κ1) is 19.9. The van der Waals surface area contributed by atoms with Crippen LogP contribution in [-0.2, 0) is 12.2 Å². The lowest BCUT2D eigenvalue weighted by atomic mass is 9.68. The van der Waals surface area contributed by atoms with Crippen LogP contribution in [0.15, 0.2) is 46.0 Å². The minimum absolute atomic E-state index is 0.000333. The number of pyridine rings is 1. The molecule has 0 radical (unpaired) electrons. The van der Waals surface area contributed by atoms with Crippen LogP contribution in [0.1, 0.15) is 47.3 Å². The molecule has 160 valence electrons. The van der Waals surface area contributed by atoms with E-state index in [0.717, 1.165) is 0 Å². The van der Waals surface area contributed by atoms with Crippen molar-refractivity contribution < 1.29 is 13.3 Å². The molecule has 3 aromatic heterocycles. The van der Waals surface area contributed by atoms with Gasteiger partial charge in [-0.25, -0.2) is 18.7 Å². The zero-order valence-electron chi connectivity index (χ0n) is 16.9. The van der Waals surface area contributed by atoms with Gasteiger partial charge in [0.05, 0.1) is 5.39 Å². The van der Waals surface area contributed by atoms with Crippen LogP contribution in [0.2, 0.25) is 0 Å². The molecule has 0 bridgehead atoms. The number of aromatic nitrogens is 5. The van der Waals surface area contributed by atoms with Crippen molar-refractivity contribution in [2.45, 2.75) is 37.9 Å². The third-order valence-electron chi connectivity index (χ3n) is 5.76. The molecular formula is C22H16F2N6O2. The summed E-state index contributed by atoms with van der Waals surface area (Å²) in [6, 6.07) is 8.84. The van der Waals surface area contributed by atoms with Crippen LogP contribution in [0.5, 0.6) is 0 Å². The fraction of sp³-hybridized carbons (Fsp3) is 0.273. The average molecular weight is 434 g/mol. The number of nitriles is 1. The second-order valence-electron chi connectivity index (χ2n) is 7.94.